The first-order valence-electron chi connectivity index (χ1n) is 18.3. The number of carbonyl (C=O) groups excluding carboxylic acids is 3. The summed E-state index contributed by atoms with van der Waals surface area (Å²) in [4.78, 5) is 54.2. The molecule has 3 fully saturated rings. The molecule has 52 heavy (non-hydrogen) atoms. The van der Waals surface area contributed by atoms with Crippen LogP contribution in [0.5, 0.6) is 0 Å². The van der Waals surface area contributed by atoms with Gasteiger partial charge in [-0.1, -0.05) is 67.3 Å². The number of nitrogens with two attached hydrogens (primary N) is 1. The number of piperidine rings is 2. The van der Waals surface area contributed by atoms with E-state index < -0.39 is 17.9 Å². The highest BCUT2D eigenvalue weighted by molar-refractivity contribution is 7.96. The molecule has 0 radical (unpaired) electrons. The Morgan fingerprint density at radius 1 is 0.981 bits per heavy atom. The van der Waals surface area contributed by atoms with E-state index in [1.54, 1.807) is 29.2 Å². The molecule has 14 heteroatoms. The smallest absolute Gasteiger partial charge is 0.407 e. The van der Waals surface area contributed by atoms with Crippen molar-refractivity contribution in [2.45, 2.75) is 77.8 Å². The number of oxazole rings is 1. The highest BCUT2D eigenvalue weighted by Crippen LogP contribution is 2.18. The fourth-order valence-electron chi connectivity index (χ4n) is 6.14. The Bertz CT molecular complexity index is 1510. The third-order valence-corrected chi connectivity index (χ3v) is 9.61. The zero-order chi connectivity index (χ0) is 37.7. The molecule has 3 aliphatic heterocycles. The Morgan fingerprint density at radius 2 is 1.71 bits per heavy atom. The molecule has 0 spiro atoms. The topological polar surface area (TPSA) is 183 Å². The second kappa shape index (κ2) is 23.6. The third-order valence-electron chi connectivity index (χ3n) is 9.18. The lowest BCUT2D eigenvalue weighted by Crippen LogP contribution is -2.48. The SMILES string of the molecule is CCC1CCNCC1.CSNCC(=O)N1CCCC1C(=O)NCC(=O)c1nc2ccccc2o1.Cc1cccc(CN)c1.O=C(O)N1CCCCC1. The lowest BCUT2D eigenvalue weighted by molar-refractivity contribution is -0.137. The number of ketones is 1. The van der Waals surface area contributed by atoms with Gasteiger partial charge in [-0.2, -0.15) is 0 Å². The highest BCUT2D eigenvalue weighted by Gasteiger charge is 2.34. The summed E-state index contributed by atoms with van der Waals surface area (Å²) in [6.45, 7) is 9.46. The van der Waals surface area contributed by atoms with E-state index >= 15 is 0 Å². The van der Waals surface area contributed by atoms with Crippen molar-refractivity contribution in [3.8, 4) is 0 Å². The predicted molar refractivity (Wildman–Crippen MR) is 206 cm³/mol. The van der Waals surface area contributed by atoms with Crippen molar-refractivity contribution in [2.24, 2.45) is 11.7 Å². The molecule has 1 atom stereocenters. The summed E-state index contributed by atoms with van der Waals surface area (Å²) in [6.07, 6.45) is 9.85. The third kappa shape index (κ3) is 14.6. The second-order valence-electron chi connectivity index (χ2n) is 13.0. The Balaban J connectivity index is 0.000000226. The van der Waals surface area contributed by atoms with Crippen LogP contribution in [0.25, 0.3) is 11.1 Å². The van der Waals surface area contributed by atoms with Gasteiger partial charge in [-0.05, 0) is 94.8 Å². The molecule has 3 aromatic rings. The first-order chi connectivity index (χ1) is 25.2. The first-order valence-corrected chi connectivity index (χ1v) is 19.5. The average molecular weight is 740 g/mol. The Hall–Kier alpha value is -3.98. The number of likely N-dealkylation sites (tertiary alicyclic amines) is 2. The quantitative estimate of drug-likeness (QED) is 0.147. The standard InChI is InChI=1S/C17H20N4O4S.C8H11N.C7H15N.C6H11NO2/c1-26-19-10-15(23)21-8-4-6-12(21)16(24)18-9-13(22)17-20-11-5-2-3-7-14(11)25-17;1-7-3-2-4-8(5-7)6-9;1-2-7-3-5-8-6-4-7;8-6(9)7-4-2-1-3-5-7/h2-3,5,7,12,19H,4,6,8-10H2,1H3,(H,18,24);2-5H,6,9H2,1H3;7-8H,2-6H2,1H3;1-5H2,(H,8,9). The number of amides is 3. The van der Waals surface area contributed by atoms with E-state index in [-0.39, 0.29) is 30.8 Å². The summed E-state index contributed by atoms with van der Waals surface area (Å²) in [5.74, 6) is 0.132. The van der Waals surface area contributed by atoms with Crippen LogP contribution in [0, 0.1) is 12.8 Å². The van der Waals surface area contributed by atoms with Crippen LogP contribution in [-0.2, 0) is 16.1 Å². The maximum absolute atomic E-state index is 12.4. The molecule has 3 amide bonds. The number of hydrogen-bond donors (Lipinski definition) is 5. The minimum Gasteiger partial charge on any atom is -0.465 e. The summed E-state index contributed by atoms with van der Waals surface area (Å²) in [6, 6.07) is 14.8. The van der Waals surface area contributed by atoms with Crippen LogP contribution in [-0.4, -0.2) is 102 Å². The molecule has 2 aromatic carbocycles. The monoisotopic (exact) mass is 739 g/mol. The largest absolute Gasteiger partial charge is 0.465 e. The molecular weight excluding hydrogens is 683 g/mol. The van der Waals surface area contributed by atoms with Gasteiger partial charge in [0.15, 0.2) is 5.58 Å². The van der Waals surface area contributed by atoms with E-state index in [1.165, 1.54) is 66.7 Å². The molecule has 6 N–H and O–H groups in total. The van der Waals surface area contributed by atoms with Gasteiger partial charge in [0.1, 0.15) is 11.6 Å². The van der Waals surface area contributed by atoms with Crippen LogP contribution in [0.3, 0.4) is 0 Å². The van der Waals surface area contributed by atoms with Crippen LogP contribution in [0.4, 0.5) is 4.79 Å². The van der Waals surface area contributed by atoms with Gasteiger partial charge in [0.25, 0.3) is 5.89 Å². The van der Waals surface area contributed by atoms with Crippen LogP contribution in [0.1, 0.15) is 80.1 Å². The molecule has 0 saturated carbocycles. The number of Topliss-reactive ketones (excluding diaryl/α,β-unsaturated/α-hetero) is 1. The van der Waals surface area contributed by atoms with Crippen LogP contribution >= 0.6 is 11.9 Å². The van der Waals surface area contributed by atoms with Crippen molar-refractivity contribution in [1.82, 2.24) is 30.1 Å². The minimum absolute atomic E-state index is 0.0324. The molecule has 13 nitrogen and oxygen atoms in total. The number of fused-ring (bicyclic) bond motifs is 1. The second-order valence-corrected chi connectivity index (χ2v) is 13.7. The maximum atomic E-state index is 12.4. The number of hydrogen-bond acceptors (Lipinski definition) is 10. The molecule has 0 bridgehead atoms. The number of rotatable bonds is 9. The van der Waals surface area contributed by atoms with Crippen molar-refractivity contribution < 1.29 is 28.7 Å². The number of carboxylic acid groups (broad SMARTS) is 1. The molecule has 0 aliphatic carbocycles. The lowest BCUT2D eigenvalue weighted by atomic mass is 9.96. The fraction of sp³-hybridized carbons (Fsp3) is 0.553. The molecule has 6 rings (SSSR count). The molecule has 3 saturated heterocycles. The van der Waals surface area contributed by atoms with Crippen molar-refractivity contribution in [2.75, 3.05) is 52.1 Å². The Kier molecular flexibility index (Phi) is 19.2. The highest BCUT2D eigenvalue weighted by atomic mass is 32.2. The van der Waals surface area contributed by atoms with Gasteiger partial charge in [0, 0.05) is 26.2 Å². The summed E-state index contributed by atoms with van der Waals surface area (Å²) in [5.41, 5.74) is 9.02. The maximum Gasteiger partial charge on any atom is 0.407 e. The average Bonchev–Trinajstić information content (AvgIpc) is 3.86. The summed E-state index contributed by atoms with van der Waals surface area (Å²) in [5, 5.41) is 14.4. The molecule has 286 valence electrons. The molecule has 1 unspecified atom stereocenters. The van der Waals surface area contributed by atoms with Crippen molar-refractivity contribution in [3.05, 3.63) is 65.5 Å². The van der Waals surface area contributed by atoms with Crippen molar-refractivity contribution in [3.63, 3.8) is 0 Å². The first kappa shape index (κ1) is 42.4. The van der Waals surface area contributed by atoms with E-state index in [0.717, 1.165) is 38.3 Å². The number of aromatic nitrogens is 1. The lowest BCUT2D eigenvalue weighted by Gasteiger charge is -2.23. The van der Waals surface area contributed by atoms with Gasteiger partial charge in [0.05, 0.1) is 13.1 Å². The number of nitrogens with one attached hydrogen (secondary N) is 3. The molecule has 3 aliphatic rings. The Morgan fingerprint density at radius 3 is 2.29 bits per heavy atom. The van der Waals surface area contributed by atoms with E-state index in [1.807, 2.05) is 18.4 Å². The zero-order valence-corrected chi connectivity index (χ0v) is 31.7. The van der Waals surface area contributed by atoms with Crippen molar-refractivity contribution >= 4 is 46.7 Å². The normalized spacial score (nSPS) is 17.1. The van der Waals surface area contributed by atoms with Gasteiger partial charge < -0.3 is 35.7 Å². The van der Waals surface area contributed by atoms with Gasteiger partial charge in [-0.3, -0.25) is 19.1 Å². The summed E-state index contributed by atoms with van der Waals surface area (Å²) < 4.78 is 8.29. The van der Waals surface area contributed by atoms with E-state index in [4.69, 9.17) is 15.3 Å². The van der Waals surface area contributed by atoms with E-state index in [0.29, 0.717) is 30.6 Å². The number of nitrogens with zero attached hydrogens (tertiary/aromatic N) is 3. The van der Waals surface area contributed by atoms with Crippen LogP contribution in [0.15, 0.2) is 52.9 Å². The van der Waals surface area contributed by atoms with Crippen LogP contribution in [0.2, 0.25) is 0 Å². The van der Waals surface area contributed by atoms with Gasteiger partial charge in [-0.15, -0.1) is 0 Å². The molecular formula is C38H57N7O6S. The minimum atomic E-state index is -0.769. The number of para-hydroxylation sites is 2. The van der Waals surface area contributed by atoms with Crippen LogP contribution < -0.4 is 21.1 Å². The van der Waals surface area contributed by atoms with Gasteiger partial charge in [-0.25, -0.2) is 9.78 Å². The van der Waals surface area contributed by atoms with E-state index in [9.17, 15) is 19.2 Å². The number of benzene rings is 2. The van der Waals surface area contributed by atoms with Crippen molar-refractivity contribution in [1.29, 1.82) is 0 Å². The van der Waals surface area contributed by atoms with Gasteiger partial charge in [0.2, 0.25) is 17.6 Å². The summed E-state index contributed by atoms with van der Waals surface area (Å²) in [7, 11) is 0. The zero-order valence-electron chi connectivity index (χ0n) is 30.9. The molecule has 1 aromatic heterocycles. The summed E-state index contributed by atoms with van der Waals surface area (Å²) >= 11 is 1.35. The number of carbonyl (C=O) groups is 4. The number of aryl methyl sites for hydroxylation is 1. The van der Waals surface area contributed by atoms with E-state index in [2.05, 4.69) is 46.3 Å². The Labute approximate surface area is 312 Å². The van der Waals surface area contributed by atoms with Gasteiger partial charge >= 0.3 is 6.09 Å². The molecule has 4 heterocycles. The predicted octanol–water partition coefficient (Wildman–Crippen LogP) is 4.99. The fourth-order valence-corrected chi connectivity index (χ4v) is 6.41.